The predicted molar refractivity (Wildman–Crippen MR) is 46.7 cm³/mol. The molecule has 0 unspecified atom stereocenters. The fourth-order valence-electron chi connectivity index (χ4n) is 1.15. The van der Waals surface area contributed by atoms with Gasteiger partial charge in [0.15, 0.2) is 6.39 Å². The maximum absolute atomic E-state index is 11.1. The summed E-state index contributed by atoms with van der Waals surface area (Å²) in [6.45, 7) is 1.74. The van der Waals surface area contributed by atoms with Crippen LogP contribution in [0, 0.1) is 6.92 Å². The molecule has 0 amide bonds. The number of aromatic hydroxyl groups is 1. The topological polar surface area (TPSA) is 63.3 Å². The zero-order valence-electron chi connectivity index (χ0n) is 6.94. The molecular weight excluding hydrogens is 170 g/mol. The molecule has 1 aromatic heterocycles. The first-order valence-electron chi connectivity index (χ1n) is 3.75. The highest BCUT2D eigenvalue weighted by atomic mass is 16.4. The maximum atomic E-state index is 11.1. The Bertz CT molecular complexity index is 516. The number of rotatable bonds is 0. The second-order valence-corrected chi connectivity index (χ2v) is 2.80. The minimum Gasteiger partial charge on any atom is -0.508 e. The van der Waals surface area contributed by atoms with Crippen molar-refractivity contribution in [1.82, 2.24) is 4.98 Å². The van der Waals surface area contributed by atoms with Crippen molar-refractivity contribution in [2.45, 2.75) is 6.92 Å². The number of hydrogen-bond acceptors (Lipinski definition) is 4. The maximum Gasteiger partial charge on any atom is 0.346 e. The molecule has 0 radical (unpaired) electrons. The molecule has 0 fully saturated rings. The van der Waals surface area contributed by atoms with Crippen molar-refractivity contribution in [3.63, 3.8) is 0 Å². The summed E-state index contributed by atoms with van der Waals surface area (Å²) in [5.74, 6) is 0.0767. The Morgan fingerprint density at radius 1 is 1.46 bits per heavy atom. The summed E-state index contributed by atoms with van der Waals surface area (Å²) >= 11 is 0. The van der Waals surface area contributed by atoms with Gasteiger partial charge in [0.1, 0.15) is 5.75 Å². The predicted octanol–water partition coefficient (Wildman–Crippen LogP) is 1.20. The molecule has 0 saturated heterocycles. The lowest BCUT2D eigenvalue weighted by Crippen LogP contribution is -1.99. The Morgan fingerprint density at radius 3 is 3.00 bits per heavy atom. The number of phenolic OH excluding ortho intramolecular Hbond substituents is 1. The molecule has 4 heteroatoms. The highest BCUT2D eigenvalue weighted by Crippen LogP contribution is 2.20. The van der Waals surface area contributed by atoms with Gasteiger partial charge in [-0.2, -0.15) is 0 Å². The van der Waals surface area contributed by atoms with Gasteiger partial charge >= 0.3 is 5.63 Å². The molecule has 4 nitrogen and oxygen atoms in total. The molecule has 2 aromatic rings. The minimum absolute atomic E-state index is 0.0767. The molecule has 1 N–H and O–H groups in total. The third kappa shape index (κ3) is 1.16. The normalized spacial score (nSPS) is 10.5. The molecule has 2 rings (SSSR count). The van der Waals surface area contributed by atoms with Gasteiger partial charge in [0.25, 0.3) is 0 Å². The Hall–Kier alpha value is -1.84. The van der Waals surface area contributed by atoms with Crippen LogP contribution < -0.4 is 5.63 Å². The van der Waals surface area contributed by atoms with Crippen molar-refractivity contribution in [3.8, 4) is 5.75 Å². The Kier molecular flexibility index (Phi) is 1.55. The van der Waals surface area contributed by atoms with Crippen LogP contribution in [0.5, 0.6) is 5.75 Å². The van der Waals surface area contributed by atoms with E-state index >= 15 is 0 Å². The average Bonchev–Trinajstić information content (AvgIpc) is 2.09. The molecule has 0 spiro atoms. The second-order valence-electron chi connectivity index (χ2n) is 2.80. The van der Waals surface area contributed by atoms with E-state index in [-0.39, 0.29) is 5.75 Å². The summed E-state index contributed by atoms with van der Waals surface area (Å²) in [4.78, 5) is 15.0. The number of hydrogen-bond donors (Lipinski definition) is 1. The zero-order valence-corrected chi connectivity index (χ0v) is 6.94. The highest BCUT2D eigenvalue weighted by Gasteiger charge is 2.04. The Labute approximate surface area is 73.5 Å². The van der Waals surface area contributed by atoms with E-state index in [2.05, 4.69) is 9.40 Å². The number of aromatic nitrogens is 1. The number of benzene rings is 1. The molecular formula is C9H7NO3. The first-order valence-corrected chi connectivity index (χ1v) is 3.75. The van der Waals surface area contributed by atoms with Gasteiger partial charge in [-0.15, -0.1) is 0 Å². The van der Waals surface area contributed by atoms with Crippen LogP contribution in [0.1, 0.15) is 5.56 Å². The van der Waals surface area contributed by atoms with Crippen LogP contribution in [-0.2, 0) is 0 Å². The molecule has 66 valence electrons. The molecule has 1 heterocycles. The minimum atomic E-state index is -0.486. The van der Waals surface area contributed by atoms with Gasteiger partial charge in [-0.3, -0.25) is 0 Å². The third-order valence-electron chi connectivity index (χ3n) is 1.89. The zero-order chi connectivity index (χ0) is 9.42. The SMILES string of the molecule is Cc1cc2ncoc(=O)c2cc1O. The number of nitrogens with zero attached hydrogens (tertiary/aromatic N) is 1. The number of fused-ring (bicyclic) bond motifs is 1. The standard InChI is InChI=1S/C9H7NO3/c1-5-2-7-6(3-8(5)11)9(12)13-4-10-7/h2-4,11H,1H3. The van der Waals surface area contributed by atoms with Crippen LogP contribution in [0.4, 0.5) is 0 Å². The van der Waals surface area contributed by atoms with Gasteiger partial charge in [-0.05, 0) is 24.6 Å². The smallest absolute Gasteiger partial charge is 0.346 e. The van der Waals surface area contributed by atoms with Crippen LogP contribution in [0.25, 0.3) is 10.9 Å². The van der Waals surface area contributed by atoms with Gasteiger partial charge in [0, 0.05) is 0 Å². The van der Waals surface area contributed by atoms with Crippen molar-refractivity contribution in [1.29, 1.82) is 0 Å². The van der Waals surface area contributed by atoms with Crippen LogP contribution in [0.15, 0.2) is 27.7 Å². The Morgan fingerprint density at radius 2 is 2.23 bits per heavy atom. The van der Waals surface area contributed by atoms with Gasteiger partial charge < -0.3 is 9.52 Å². The summed E-state index contributed by atoms with van der Waals surface area (Å²) in [6.07, 6.45) is 1.10. The van der Waals surface area contributed by atoms with Gasteiger partial charge in [-0.1, -0.05) is 0 Å². The van der Waals surface area contributed by atoms with E-state index in [4.69, 9.17) is 0 Å². The fraction of sp³-hybridized carbons (Fsp3) is 0.111. The van der Waals surface area contributed by atoms with E-state index in [1.54, 1.807) is 13.0 Å². The van der Waals surface area contributed by atoms with E-state index in [1.807, 2.05) is 0 Å². The molecule has 1 aromatic carbocycles. The molecule has 0 aliphatic carbocycles. The van der Waals surface area contributed by atoms with E-state index in [0.717, 1.165) is 6.39 Å². The molecule has 0 atom stereocenters. The number of phenols is 1. The molecule has 0 saturated carbocycles. The van der Waals surface area contributed by atoms with Gasteiger partial charge in [-0.25, -0.2) is 9.78 Å². The van der Waals surface area contributed by atoms with E-state index in [0.29, 0.717) is 16.5 Å². The van der Waals surface area contributed by atoms with Crippen molar-refractivity contribution < 1.29 is 9.52 Å². The molecule has 0 aliphatic rings. The fourth-order valence-corrected chi connectivity index (χ4v) is 1.15. The summed E-state index contributed by atoms with van der Waals surface area (Å²) in [6, 6.07) is 3.01. The lowest BCUT2D eigenvalue weighted by atomic mass is 10.1. The molecule has 0 aliphatic heterocycles. The lowest BCUT2D eigenvalue weighted by Gasteiger charge is -1.99. The van der Waals surface area contributed by atoms with E-state index in [9.17, 15) is 9.90 Å². The highest BCUT2D eigenvalue weighted by molar-refractivity contribution is 5.79. The first kappa shape index (κ1) is 7.79. The quantitative estimate of drug-likeness (QED) is 0.656. The summed E-state index contributed by atoms with van der Waals surface area (Å²) in [7, 11) is 0. The van der Waals surface area contributed by atoms with Crippen molar-refractivity contribution in [3.05, 3.63) is 34.5 Å². The van der Waals surface area contributed by atoms with Crippen LogP contribution in [0.2, 0.25) is 0 Å². The van der Waals surface area contributed by atoms with Crippen LogP contribution >= 0.6 is 0 Å². The lowest BCUT2D eigenvalue weighted by molar-refractivity contribution is 0.470. The average molecular weight is 177 g/mol. The summed E-state index contributed by atoms with van der Waals surface area (Å²) in [5.41, 5.74) is 0.734. The third-order valence-corrected chi connectivity index (χ3v) is 1.89. The second kappa shape index (κ2) is 2.58. The van der Waals surface area contributed by atoms with Gasteiger partial charge in [0.2, 0.25) is 0 Å². The van der Waals surface area contributed by atoms with Gasteiger partial charge in [0.05, 0.1) is 10.9 Å². The molecule has 13 heavy (non-hydrogen) atoms. The van der Waals surface area contributed by atoms with E-state index < -0.39 is 5.63 Å². The first-order chi connectivity index (χ1) is 6.18. The van der Waals surface area contributed by atoms with Crippen LogP contribution in [0.3, 0.4) is 0 Å². The van der Waals surface area contributed by atoms with Crippen molar-refractivity contribution in [2.24, 2.45) is 0 Å². The largest absolute Gasteiger partial charge is 0.508 e. The summed E-state index contributed by atoms with van der Waals surface area (Å²) in [5, 5.41) is 9.63. The summed E-state index contributed by atoms with van der Waals surface area (Å²) < 4.78 is 4.56. The monoisotopic (exact) mass is 177 g/mol. The molecule has 0 bridgehead atoms. The van der Waals surface area contributed by atoms with Crippen molar-refractivity contribution >= 4 is 10.9 Å². The van der Waals surface area contributed by atoms with E-state index in [1.165, 1.54) is 6.07 Å². The van der Waals surface area contributed by atoms with Crippen molar-refractivity contribution in [2.75, 3.05) is 0 Å². The Balaban J connectivity index is 2.97. The number of aryl methyl sites for hydroxylation is 1. The van der Waals surface area contributed by atoms with Crippen LogP contribution in [-0.4, -0.2) is 10.1 Å².